The Morgan fingerprint density at radius 3 is 2.52 bits per heavy atom. The topological polar surface area (TPSA) is 107 Å². The van der Waals surface area contributed by atoms with Crippen molar-refractivity contribution in [1.82, 2.24) is 25.1 Å². The predicted octanol–water partition coefficient (Wildman–Crippen LogP) is -0.627. The van der Waals surface area contributed by atoms with E-state index < -0.39 is 10.0 Å². The molecule has 0 atom stereocenters. The van der Waals surface area contributed by atoms with Crippen LogP contribution in [0, 0.1) is 13.8 Å². The molecule has 0 aromatic carbocycles. The molecule has 0 aliphatic carbocycles. The Hall–Kier alpha value is -1.45. The van der Waals surface area contributed by atoms with Crippen molar-refractivity contribution in [3.63, 3.8) is 0 Å². The molecule has 1 heterocycles. The molecule has 1 aromatic heterocycles. The Morgan fingerprint density at radius 1 is 1.33 bits per heavy atom. The van der Waals surface area contributed by atoms with E-state index in [9.17, 15) is 13.2 Å². The summed E-state index contributed by atoms with van der Waals surface area (Å²) in [5.41, 5.74) is 0.831. The molecule has 0 saturated carbocycles. The summed E-state index contributed by atoms with van der Waals surface area (Å²) in [5, 5.41) is 9.12. The number of carbonyl (C=O) groups is 1. The Kier molecular flexibility index (Phi) is 6.31. The smallest absolute Gasteiger partial charge is 0.244 e. The van der Waals surface area contributed by atoms with Gasteiger partial charge in [0.1, 0.15) is 4.90 Å². The number of carbonyl (C=O) groups excluding carboxylic acids is 1. The molecule has 0 aliphatic rings. The number of aryl methyl sites for hydroxylation is 2. The molecular formula is C12H23N5O3S. The lowest BCUT2D eigenvalue weighted by Crippen LogP contribution is -2.38. The number of rotatable bonds is 8. The maximum absolute atomic E-state index is 12.1. The van der Waals surface area contributed by atoms with Gasteiger partial charge in [0.2, 0.25) is 15.9 Å². The summed E-state index contributed by atoms with van der Waals surface area (Å²) in [5.74, 6) is -0.351. The fourth-order valence-electron chi connectivity index (χ4n) is 1.85. The van der Waals surface area contributed by atoms with E-state index in [-0.39, 0.29) is 17.3 Å². The lowest BCUT2D eigenvalue weighted by molar-refractivity contribution is -0.119. The number of nitrogens with one attached hydrogen (secondary N) is 3. The van der Waals surface area contributed by atoms with E-state index in [2.05, 4.69) is 20.2 Å². The minimum atomic E-state index is -3.73. The molecule has 9 heteroatoms. The molecule has 1 aromatic rings. The summed E-state index contributed by atoms with van der Waals surface area (Å²) in [4.78, 5) is 13.7. The summed E-state index contributed by atoms with van der Waals surface area (Å²) in [6.45, 7) is 4.31. The van der Waals surface area contributed by atoms with Crippen molar-refractivity contribution in [2.75, 3.05) is 33.7 Å². The predicted molar refractivity (Wildman–Crippen MR) is 79.4 cm³/mol. The van der Waals surface area contributed by atoms with E-state index >= 15 is 0 Å². The summed E-state index contributed by atoms with van der Waals surface area (Å²) < 4.78 is 26.5. The molecule has 1 amide bonds. The Balaban J connectivity index is 2.46. The Morgan fingerprint density at radius 2 is 2.00 bits per heavy atom. The summed E-state index contributed by atoms with van der Waals surface area (Å²) in [7, 11) is 0.170. The van der Waals surface area contributed by atoms with Crippen LogP contribution in [-0.4, -0.2) is 63.2 Å². The van der Waals surface area contributed by atoms with Crippen LogP contribution in [0.5, 0.6) is 0 Å². The van der Waals surface area contributed by atoms with Crippen molar-refractivity contribution < 1.29 is 13.2 Å². The van der Waals surface area contributed by atoms with Crippen LogP contribution >= 0.6 is 0 Å². The fraction of sp³-hybridized carbons (Fsp3) is 0.667. The maximum Gasteiger partial charge on any atom is 0.244 e. The van der Waals surface area contributed by atoms with E-state index in [1.165, 1.54) is 0 Å². The van der Waals surface area contributed by atoms with Gasteiger partial charge < -0.3 is 10.2 Å². The van der Waals surface area contributed by atoms with Crippen LogP contribution in [0.1, 0.15) is 17.8 Å². The second-order valence-corrected chi connectivity index (χ2v) is 6.80. The van der Waals surface area contributed by atoms with E-state index in [4.69, 9.17) is 0 Å². The fourth-order valence-corrected chi connectivity index (χ4v) is 3.20. The third-order valence-electron chi connectivity index (χ3n) is 2.86. The van der Waals surface area contributed by atoms with E-state index in [0.717, 1.165) is 13.0 Å². The first kappa shape index (κ1) is 17.6. The highest BCUT2D eigenvalue weighted by atomic mass is 32.2. The largest absolute Gasteiger partial charge is 0.355 e. The minimum Gasteiger partial charge on any atom is -0.355 e. The molecule has 8 nitrogen and oxygen atoms in total. The number of H-pyrrole nitrogens is 1. The van der Waals surface area contributed by atoms with Crippen LogP contribution in [-0.2, 0) is 14.8 Å². The number of sulfonamides is 1. The van der Waals surface area contributed by atoms with Gasteiger partial charge in [-0.25, -0.2) is 13.1 Å². The Labute approximate surface area is 125 Å². The number of aromatic amines is 1. The van der Waals surface area contributed by atoms with Crippen LogP contribution in [0.2, 0.25) is 0 Å². The molecule has 0 bridgehead atoms. The van der Waals surface area contributed by atoms with Crippen molar-refractivity contribution in [2.24, 2.45) is 0 Å². The van der Waals surface area contributed by atoms with Crippen molar-refractivity contribution >= 4 is 15.9 Å². The third kappa shape index (κ3) is 5.44. The van der Waals surface area contributed by atoms with Crippen molar-refractivity contribution in [2.45, 2.75) is 25.2 Å². The lowest BCUT2D eigenvalue weighted by atomic mass is 10.4. The highest BCUT2D eigenvalue weighted by Crippen LogP contribution is 2.15. The average Bonchev–Trinajstić information content (AvgIpc) is 2.72. The monoisotopic (exact) mass is 317 g/mol. The molecule has 0 saturated heterocycles. The molecular weight excluding hydrogens is 294 g/mol. The molecule has 0 aliphatic heterocycles. The summed E-state index contributed by atoms with van der Waals surface area (Å²) in [6.07, 6.45) is 0.811. The highest BCUT2D eigenvalue weighted by molar-refractivity contribution is 7.89. The van der Waals surface area contributed by atoms with E-state index in [1.54, 1.807) is 13.8 Å². The van der Waals surface area contributed by atoms with Crippen LogP contribution < -0.4 is 10.0 Å². The summed E-state index contributed by atoms with van der Waals surface area (Å²) in [6, 6.07) is 0. The quantitative estimate of drug-likeness (QED) is 0.554. The van der Waals surface area contributed by atoms with Gasteiger partial charge in [-0.3, -0.25) is 9.89 Å². The highest BCUT2D eigenvalue weighted by Gasteiger charge is 2.22. The average molecular weight is 317 g/mol. The molecule has 0 fully saturated rings. The second kappa shape index (κ2) is 7.53. The molecule has 3 N–H and O–H groups in total. The lowest BCUT2D eigenvalue weighted by Gasteiger charge is -2.10. The molecule has 120 valence electrons. The van der Waals surface area contributed by atoms with Gasteiger partial charge in [-0.2, -0.15) is 5.10 Å². The van der Waals surface area contributed by atoms with Crippen molar-refractivity contribution in [3.8, 4) is 0 Å². The van der Waals surface area contributed by atoms with E-state index in [0.29, 0.717) is 17.9 Å². The number of hydrogen-bond donors (Lipinski definition) is 3. The summed E-state index contributed by atoms with van der Waals surface area (Å²) >= 11 is 0. The Bertz CT molecular complexity index is 560. The van der Waals surface area contributed by atoms with Crippen LogP contribution in [0.25, 0.3) is 0 Å². The first-order valence-corrected chi connectivity index (χ1v) is 8.15. The van der Waals surface area contributed by atoms with Gasteiger partial charge in [-0.1, -0.05) is 0 Å². The van der Waals surface area contributed by atoms with Gasteiger partial charge in [-0.15, -0.1) is 0 Å². The van der Waals surface area contributed by atoms with Crippen molar-refractivity contribution in [3.05, 3.63) is 11.4 Å². The molecule has 0 radical (unpaired) electrons. The minimum absolute atomic E-state index is 0.0999. The first-order valence-electron chi connectivity index (χ1n) is 6.66. The number of nitrogens with zero attached hydrogens (tertiary/aromatic N) is 2. The second-order valence-electron chi connectivity index (χ2n) is 5.09. The van der Waals surface area contributed by atoms with Crippen LogP contribution in [0.4, 0.5) is 0 Å². The molecule has 21 heavy (non-hydrogen) atoms. The van der Waals surface area contributed by atoms with Crippen LogP contribution in [0.3, 0.4) is 0 Å². The van der Waals surface area contributed by atoms with Crippen LogP contribution in [0.15, 0.2) is 4.90 Å². The standard InChI is InChI=1S/C12H23N5O3S/c1-9-12(10(2)16-15-9)21(19,20)14-8-11(18)13-6-5-7-17(3)4/h14H,5-8H2,1-4H3,(H,13,18)(H,15,16). The first-order chi connectivity index (χ1) is 9.74. The molecule has 1 rings (SSSR count). The zero-order valence-corrected chi connectivity index (χ0v) is 13.7. The van der Waals surface area contributed by atoms with Gasteiger partial charge in [0.25, 0.3) is 0 Å². The molecule has 0 spiro atoms. The van der Waals surface area contributed by atoms with Gasteiger partial charge in [0, 0.05) is 6.54 Å². The SMILES string of the molecule is Cc1n[nH]c(C)c1S(=O)(=O)NCC(=O)NCCCN(C)C. The maximum atomic E-state index is 12.1. The zero-order valence-electron chi connectivity index (χ0n) is 12.9. The van der Waals surface area contributed by atoms with Gasteiger partial charge in [0.15, 0.2) is 0 Å². The number of hydrogen-bond acceptors (Lipinski definition) is 5. The normalized spacial score (nSPS) is 11.9. The van der Waals surface area contributed by atoms with Crippen molar-refractivity contribution in [1.29, 1.82) is 0 Å². The zero-order chi connectivity index (χ0) is 16.0. The molecule has 0 unspecified atom stereocenters. The third-order valence-corrected chi connectivity index (χ3v) is 4.52. The van der Waals surface area contributed by atoms with Gasteiger partial charge in [0.05, 0.1) is 17.9 Å². The number of amides is 1. The van der Waals surface area contributed by atoms with Gasteiger partial charge in [-0.05, 0) is 40.9 Å². The number of aromatic nitrogens is 2. The van der Waals surface area contributed by atoms with Gasteiger partial charge >= 0.3 is 0 Å². The van der Waals surface area contributed by atoms with E-state index in [1.807, 2.05) is 19.0 Å².